The van der Waals surface area contributed by atoms with E-state index in [-0.39, 0.29) is 5.41 Å². The number of fused-ring (bicyclic) bond motifs is 2. The zero-order valence-electron chi connectivity index (χ0n) is 13.1. The van der Waals surface area contributed by atoms with Gasteiger partial charge in [0.1, 0.15) is 0 Å². The van der Waals surface area contributed by atoms with E-state index in [1.165, 1.54) is 0 Å². The Morgan fingerprint density at radius 3 is 2.30 bits per heavy atom. The molecular formula is C19H19NO2S. The van der Waals surface area contributed by atoms with Crippen LogP contribution in [0.1, 0.15) is 24.0 Å². The van der Waals surface area contributed by atoms with Crippen molar-refractivity contribution < 1.29 is 8.42 Å². The molecule has 0 aromatic heterocycles. The van der Waals surface area contributed by atoms with Crippen LogP contribution in [0, 0.1) is 6.92 Å². The predicted molar refractivity (Wildman–Crippen MR) is 92.2 cm³/mol. The Morgan fingerprint density at radius 1 is 0.957 bits per heavy atom. The molecule has 2 aliphatic rings. The molecule has 4 rings (SSSR count). The summed E-state index contributed by atoms with van der Waals surface area (Å²) >= 11 is 0. The van der Waals surface area contributed by atoms with Crippen LogP contribution in [0.2, 0.25) is 0 Å². The molecule has 1 aliphatic carbocycles. The summed E-state index contributed by atoms with van der Waals surface area (Å²) in [4.78, 5) is 0.362. The van der Waals surface area contributed by atoms with Crippen LogP contribution in [-0.2, 0) is 15.4 Å². The number of hydrogen-bond acceptors (Lipinski definition) is 2. The lowest BCUT2D eigenvalue weighted by atomic mass is 9.80. The maximum absolute atomic E-state index is 13.2. The summed E-state index contributed by atoms with van der Waals surface area (Å²) in [5.41, 5.74) is 2.95. The van der Waals surface area contributed by atoms with E-state index >= 15 is 0 Å². The summed E-state index contributed by atoms with van der Waals surface area (Å²) in [6.07, 6.45) is 6.14. The number of aryl methyl sites for hydroxylation is 1. The number of benzene rings is 2. The zero-order valence-corrected chi connectivity index (χ0v) is 13.9. The van der Waals surface area contributed by atoms with E-state index in [4.69, 9.17) is 0 Å². The van der Waals surface area contributed by atoms with Gasteiger partial charge in [-0.05, 0) is 43.5 Å². The molecule has 0 N–H and O–H groups in total. The first-order valence-electron chi connectivity index (χ1n) is 7.87. The fourth-order valence-corrected chi connectivity index (χ4v) is 5.26. The summed E-state index contributed by atoms with van der Waals surface area (Å²) < 4.78 is 27.9. The maximum Gasteiger partial charge on any atom is 0.264 e. The molecule has 0 bridgehead atoms. The van der Waals surface area contributed by atoms with Gasteiger partial charge in [-0.3, -0.25) is 4.31 Å². The third-order valence-corrected chi connectivity index (χ3v) is 6.76. The molecule has 23 heavy (non-hydrogen) atoms. The second-order valence-corrected chi connectivity index (χ2v) is 8.36. The first-order valence-corrected chi connectivity index (χ1v) is 9.31. The van der Waals surface area contributed by atoms with Crippen LogP contribution in [0.25, 0.3) is 0 Å². The van der Waals surface area contributed by atoms with E-state index in [1.807, 2.05) is 37.3 Å². The minimum absolute atomic E-state index is 0.0889. The number of sulfonamides is 1. The topological polar surface area (TPSA) is 37.4 Å². The lowest BCUT2D eigenvalue weighted by Gasteiger charge is -2.25. The van der Waals surface area contributed by atoms with E-state index in [2.05, 4.69) is 18.2 Å². The number of allylic oxidation sites excluding steroid dienone is 2. The molecule has 4 heteroatoms. The Bertz CT molecular complexity index is 874. The average molecular weight is 325 g/mol. The second kappa shape index (κ2) is 4.96. The van der Waals surface area contributed by atoms with Crippen LogP contribution in [-0.4, -0.2) is 15.0 Å². The van der Waals surface area contributed by atoms with Crippen LogP contribution in [0.3, 0.4) is 0 Å². The van der Waals surface area contributed by atoms with Crippen molar-refractivity contribution in [2.24, 2.45) is 0 Å². The normalized spacial score (nSPS) is 18.6. The van der Waals surface area contributed by atoms with Crippen LogP contribution < -0.4 is 4.31 Å². The SMILES string of the molecule is Cc1ccc(S(=O)(=O)N2CC3(CC=CC3)c3ccccc32)cc1. The highest BCUT2D eigenvalue weighted by Crippen LogP contribution is 2.49. The standard InChI is InChI=1S/C19H19NO2S/c1-15-8-10-16(11-9-15)23(21,22)20-14-19(12-4-5-13-19)17-6-2-3-7-18(17)20/h2-11H,12-14H2,1H3. The molecule has 0 atom stereocenters. The van der Waals surface area contributed by atoms with Gasteiger partial charge in [-0.2, -0.15) is 0 Å². The summed E-state index contributed by atoms with van der Waals surface area (Å²) in [6, 6.07) is 15.0. The van der Waals surface area contributed by atoms with Crippen LogP contribution in [0.4, 0.5) is 5.69 Å². The number of para-hydroxylation sites is 1. The minimum Gasteiger partial charge on any atom is -0.265 e. The molecule has 0 amide bonds. The Labute approximate surface area is 137 Å². The van der Waals surface area contributed by atoms with Gasteiger partial charge in [0.15, 0.2) is 0 Å². The second-order valence-electron chi connectivity index (χ2n) is 6.50. The molecule has 118 valence electrons. The van der Waals surface area contributed by atoms with Crippen molar-refractivity contribution in [2.75, 3.05) is 10.8 Å². The van der Waals surface area contributed by atoms with Gasteiger partial charge in [0.25, 0.3) is 10.0 Å². The Balaban J connectivity index is 1.82. The molecule has 3 nitrogen and oxygen atoms in total. The molecule has 0 saturated heterocycles. The molecule has 0 fully saturated rings. The average Bonchev–Trinajstić information content (AvgIpc) is 3.15. The third-order valence-electron chi connectivity index (χ3n) is 4.98. The lowest BCUT2D eigenvalue weighted by Crippen LogP contribution is -2.35. The summed E-state index contributed by atoms with van der Waals surface area (Å²) in [6.45, 7) is 2.48. The molecule has 0 saturated carbocycles. The van der Waals surface area contributed by atoms with Gasteiger partial charge in [0.2, 0.25) is 0 Å². The summed E-state index contributed by atoms with van der Waals surface area (Å²) in [5.74, 6) is 0. The highest BCUT2D eigenvalue weighted by atomic mass is 32.2. The number of anilines is 1. The Kier molecular flexibility index (Phi) is 3.13. The Morgan fingerprint density at radius 2 is 1.61 bits per heavy atom. The van der Waals surface area contributed by atoms with Crippen molar-refractivity contribution in [3.05, 3.63) is 71.8 Å². The Hall–Kier alpha value is -2.07. The van der Waals surface area contributed by atoms with Gasteiger partial charge >= 0.3 is 0 Å². The molecular weight excluding hydrogens is 306 g/mol. The summed E-state index contributed by atoms with van der Waals surface area (Å²) in [7, 11) is -3.53. The van der Waals surface area contributed by atoms with E-state index in [0.717, 1.165) is 29.7 Å². The van der Waals surface area contributed by atoms with Crippen molar-refractivity contribution in [1.82, 2.24) is 0 Å². The van der Waals surface area contributed by atoms with Crippen molar-refractivity contribution in [1.29, 1.82) is 0 Å². The monoisotopic (exact) mass is 325 g/mol. The molecule has 0 radical (unpaired) electrons. The maximum atomic E-state index is 13.2. The molecule has 0 unspecified atom stereocenters. The van der Waals surface area contributed by atoms with Gasteiger partial charge in [0.05, 0.1) is 10.6 Å². The zero-order chi connectivity index (χ0) is 16.1. The summed E-state index contributed by atoms with van der Waals surface area (Å²) in [5, 5.41) is 0. The van der Waals surface area contributed by atoms with Gasteiger partial charge in [0, 0.05) is 12.0 Å². The van der Waals surface area contributed by atoms with Gasteiger partial charge in [-0.25, -0.2) is 8.42 Å². The quantitative estimate of drug-likeness (QED) is 0.788. The predicted octanol–water partition coefficient (Wildman–Crippen LogP) is 3.79. The van der Waals surface area contributed by atoms with Crippen LogP contribution >= 0.6 is 0 Å². The van der Waals surface area contributed by atoms with E-state index in [0.29, 0.717) is 11.4 Å². The van der Waals surface area contributed by atoms with Crippen LogP contribution in [0.5, 0.6) is 0 Å². The lowest BCUT2D eigenvalue weighted by molar-refractivity contribution is 0.495. The largest absolute Gasteiger partial charge is 0.265 e. The van der Waals surface area contributed by atoms with Crippen molar-refractivity contribution >= 4 is 15.7 Å². The first-order chi connectivity index (χ1) is 11.0. The van der Waals surface area contributed by atoms with E-state index in [1.54, 1.807) is 16.4 Å². The van der Waals surface area contributed by atoms with Crippen molar-refractivity contribution in [3.63, 3.8) is 0 Å². The molecule has 2 aromatic carbocycles. The minimum atomic E-state index is -3.53. The number of nitrogens with zero attached hydrogens (tertiary/aromatic N) is 1. The molecule has 2 aromatic rings. The number of hydrogen-bond donors (Lipinski definition) is 0. The fourth-order valence-electron chi connectivity index (χ4n) is 3.69. The van der Waals surface area contributed by atoms with Crippen LogP contribution in [0.15, 0.2) is 65.6 Å². The fraction of sp³-hybridized carbons (Fsp3) is 0.263. The first kappa shape index (κ1) is 14.5. The van der Waals surface area contributed by atoms with Gasteiger partial charge in [-0.1, -0.05) is 48.0 Å². The number of rotatable bonds is 2. The molecule has 1 spiro atoms. The van der Waals surface area contributed by atoms with Gasteiger partial charge < -0.3 is 0 Å². The highest BCUT2D eigenvalue weighted by Gasteiger charge is 2.46. The molecule has 1 heterocycles. The highest BCUT2D eigenvalue weighted by molar-refractivity contribution is 7.92. The van der Waals surface area contributed by atoms with E-state index < -0.39 is 10.0 Å². The van der Waals surface area contributed by atoms with Gasteiger partial charge in [-0.15, -0.1) is 0 Å². The van der Waals surface area contributed by atoms with Crippen molar-refractivity contribution in [2.45, 2.75) is 30.1 Å². The van der Waals surface area contributed by atoms with Crippen molar-refractivity contribution in [3.8, 4) is 0 Å². The van der Waals surface area contributed by atoms with E-state index in [9.17, 15) is 8.42 Å². The third kappa shape index (κ3) is 2.12. The smallest absolute Gasteiger partial charge is 0.264 e. The molecule has 1 aliphatic heterocycles.